The van der Waals surface area contributed by atoms with Gasteiger partial charge in [0, 0.05) is 26.7 Å². The van der Waals surface area contributed by atoms with Crippen LogP contribution in [0.25, 0.3) is 22.2 Å². The number of aromatic carboxylic acids is 1. The highest BCUT2D eigenvalue weighted by Crippen LogP contribution is 2.38. The normalized spacial score (nSPS) is 13.9. The molecule has 216 valence electrons. The number of carbonyl (C=O) groups is 1. The van der Waals surface area contributed by atoms with E-state index in [2.05, 4.69) is 14.8 Å². The van der Waals surface area contributed by atoms with E-state index in [4.69, 9.17) is 23.9 Å². The van der Waals surface area contributed by atoms with Crippen LogP contribution in [0.1, 0.15) is 59.8 Å². The van der Waals surface area contributed by atoms with Gasteiger partial charge in [0.05, 0.1) is 18.8 Å². The summed E-state index contributed by atoms with van der Waals surface area (Å²) in [7, 11) is 3.25. The van der Waals surface area contributed by atoms with Crippen LogP contribution in [0, 0.1) is 0 Å². The van der Waals surface area contributed by atoms with Crippen LogP contribution in [0.3, 0.4) is 0 Å². The topological polar surface area (TPSA) is 118 Å². The lowest BCUT2D eigenvalue weighted by atomic mass is 9.88. The standard InChI is InChI=1S/C31H36N4O6/c1-38-16-18-40-29-26-27(30(34-33-29)41-19-17-39-2)35(28(32-26)23-8-4-3-5-9-23)20-21-12-14-22(15-13-21)24-10-6-7-11-25(24)31(36)37/h6-7,10-15,23H,3-5,8-9,16-20H2,1-2H3,(H,36,37). The third-order valence-corrected chi connectivity index (χ3v) is 7.42. The van der Waals surface area contributed by atoms with Crippen molar-refractivity contribution in [1.29, 1.82) is 0 Å². The van der Waals surface area contributed by atoms with E-state index in [1.165, 1.54) is 6.42 Å². The van der Waals surface area contributed by atoms with Gasteiger partial charge in [-0.15, -0.1) is 10.2 Å². The first kappa shape index (κ1) is 28.5. The molecular formula is C31H36N4O6. The highest BCUT2D eigenvalue weighted by Gasteiger charge is 2.27. The van der Waals surface area contributed by atoms with Gasteiger partial charge in [-0.1, -0.05) is 61.7 Å². The Labute approximate surface area is 239 Å². The van der Waals surface area contributed by atoms with Crippen molar-refractivity contribution in [2.45, 2.75) is 44.6 Å². The molecule has 5 rings (SSSR count). The Hall–Kier alpha value is -4.02. The maximum absolute atomic E-state index is 11.8. The number of carboxylic acid groups (broad SMARTS) is 1. The van der Waals surface area contributed by atoms with Crippen LogP contribution in [0.5, 0.6) is 11.8 Å². The lowest BCUT2D eigenvalue weighted by Crippen LogP contribution is -2.14. The van der Waals surface area contributed by atoms with Crippen LogP contribution in [0.4, 0.5) is 0 Å². The Morgan fingerprint density at radius 2 is 1.54 bits per heavy atom. The van der Waals surface area contributed by atoms with Gasteiger partial charge in [-0.25, -0.2) is 9.78 Å². The molecule has 0 atom stereocenters. The van der Waals surface area contributed by atoms with Gasteiger partial charge in [0.1, 0.15) is 24.6 Å². The average Bonchev–Trinajstić information content (AvgIpc) is 3.38. The Morgan fingerprint density at radius 3 is 2.22 bits per heavy atom. The molecule has 0 amide bonds. The molecule has 10 nitrogen and oxygen atoms in total. The highest BCUT2D eigenvalue weighted by atomic mass is 16.5. The predicted octanol–water partition coefficient (Wildman–Crippen LogP) is 5.34. The van der Waals surface area contributed by atoms with Gasteiger partial charge in [-0.05, 0) is 35.6 Å². The largest absolute Gasteiger partial charge is 0.478 e. The Balaban J connectivity index is 1.56. The number of carboxylic acids is 1. The molecule has 1 aliphatic carbocycles. The summed E-state index contributed by atoms with van der Waals surface area (Å²) >= 11 is 0. The quantitative estimate of drug-likeness (QED) is 0.216. The van der Waals surface area contributed by atoms with Gasteiger partial charge in [0.2, 0.25) is 0 Å². The van der Waals surface area contributed by atoms with E-state index in [0.717, 1.165) is 48.2 Å². The molecule has 0 aliphatic heterocycles. The minimum atomic E-state index is -0.947. The maximum Gasteiger partial charge on any atom is 0.336 e. The van der Waals surface area contributed by atoms with Crippen LogP contribution in [0.2, 0.25) is 0 Å². The number of aromatic nitrogens is 4. The van der Waals surface area contributed by atoms with Crippen molar-refractivity contribution in [3.8, 4) is 22.9 Å². The Morgan fingerprint density at radius 1 is 0.878 bits per heavy atom. The van der Waals surface area contributed by atoms with Gasteiger partial charge in [0.15, 0.2) is 5.52 Å². The molecular weight excluding hydrogens is 524 g/mol. The number of rotatable bonds is 13. The van der Waals surface area contributed by atoms with Gasteiger partial charge >= 0.3 is 5.97 Å². The second-order valence-electron chi connectivity index (χ2n) is 10.1. The number of benzene rings is 2. The van der Waals surface area contributed by atoms with E-state index in [0.29, 0.717) is 61.7 Å². The SMILES string of the molecule is COCCOc1nnc(OCCOC)c2c1nc(C1CCCCC1)n2Cc1ccc(-c2ccccc2C(=O)O)cc1. The van der Waals surface area contributed by atoms with E-state index in [1.54, 1.807) is 26.4 Å². The third kappa shape index (κ3) is 6.49. The smallest absolute Gasteiger partial charge is 0.336 e. The molecule has 0 saturated heterocycles. The Kier molecular flexibility index (Phi) is 9.43. The van der Waals surface area contributed by atoms with Crippen LogP contribution in [-0.2, 0) is 16.0 Å². The molecule has 1 saturated carbocycles. The van der Waals surface area contributed by atoms with Crippen LogP contribution < -0.4 is 9.47 Å². The summed E-state index contributed by atoms with van der Waals surface area (Å²) in [6.45, 7) is 2.02. The van der Waals surface area contributed by atoms with E-state index in [1.807, 2.05) is 36.4 Å². The van der Waals surface area contributed by atoms with Crippen molar-refractivity contribution in [3.63, 3.8) is 0 Å². The number of ether oxygens (including phenoxy) is 4. The lowest BCUT2D eigenvalue weighted by Gasteiger charge is -2.22. The summed E-state index contributed by atoms with van der Waals surface area (Å²) < 4.78 is 24.5. The number of fused-ring (bicyclic) bond motifs is 1. The summed E-state index contributed by atoms with van der Waals surface area (Å²) in [6.07, 6.45) is 5.69. The number of nitrogens with zero attached hydrogens (tertiary/aromatic N) is 4. The first-order valence-corrected chi connectivity index (χ1v) is 14.0. The monoisotopic (exact) mass is 560 g/mol. The lowest BCUT2D eigenvalue weighted by molar-refractivity contribution is 0.0697. The maximum atomic E-state index is 11.8. The first-order valence-electron chi connectivity index (χ1n) is 14.0. The summed E-state index contributed by atoms with van der Waals surface area (Å²) in [5.41, 5.74) is 4.21. The number of imidazole rings is 1. The Bertz CT molecular complexity index is 1460. The molecule has 10 heteroatoms. The fourth-order valence-electron chi connectivity index (χ4n) is 5.39. The first-order chi connectivity index (χ1) is 20.1. The zero-order valence-corrected chi connectivity index (χ0v) is 23.5. The molecule has 1 N–H and O–H groups in total. The van der Waals surface area contributed by atoms with Gasteiger partial charge in [0.25, 0.3) is 11.8 Å². The summed E-state index contributed by atoms with van der Waals surface area (Å²) in [5.74, 6) is 1.07. The molecule has 41 heavy (non-hydrogen) atoms. The average molecular weight is 561 g/mol. The molecule has 0 spiro atoms. The molecule has 0 unspecified atom stereocenters. The zero-order valence-electron chi connectivity index (χ0n) is 23.5. The minimum Gasteiger partial charge on any atom is -0.478 e. The number of hydrogen-bond acceptors (Lipinski definition) is 8. The van der Waals surface area contributed by atoms with E-state index in [9.17, 15) is 9.90 Å². The van der Waals surface area contributed by atoms with Crippen molar-refractivity contribution in [1.82, 2.24) is 19.7 Å². The van der Waals surface area contributed by atoms with Gasteiger partial charge in [-0.3, -0.25) is 0 Å². The van der Waals surface area contributed by atoms with Crippen molar-refractivity contribution >= 4 is 17.0 Å². The summed E-state index contributed by atoms with van der Waals surface area (Å²) in [6, 6.07) is 15.0. The van der Waals surface area contributed by atoms with Gasteiger partial charge < -0.3 is 28.6 Å². The predicted molar refractivity (Wildman–Crippen MR) is 154 cm³/mol. The van der Waals surface area contributed by atoms with Crippen molar-refractivity contribution in [3.05, 3.63) is 65.5 Å². The third-order valence-electron chi connectivity index (χ3n) is 7.42. The summed E-state index contributed by atoms with van der Waals surface area (Å²) in [5, 5.41) is 18.3. The van der Waals surface area contributed by atoms with E-state index in [-0.39, 0.29) is 5.56 Å². The molecule has 4 aromatic rings. The highest BCUT2D eigenvalue weighted by molar-refractivity contribution is 5.96. The van der Waals surface area contributed by atoms with Crippen molar-refractivity contribution in [2.75, 3.05) is 40.6 Å². The number of hydrogen-bond donors (Lipinski definition) is 1. The zero-order chi connectivity index (χ0) is 28.6. The van der Waals surface area contributed by atoms with Crippen molar-refractivity contribution in [2.24, 2.45) is 0 Å². The van der Waals surface area contributed by atoms with Crippen molar-refractivity contribution < 1.29 is 28.8 Å². The van der Waals surface area contributed by atoms with E-state index >= 15 is 0 Å². The second kappa shape index (κ2) is 13.6. The minimum absolute atomic E-state index is 0.276. The number of methoxy groups -OCH3 is 2. The molecule has 2 aromatic carbocycles. The second-order valence-corrected chi connectivity index (χ2v) is 10.1. The van der Waals surface area contributed by atoms with Crippen LogP contribution >= 0.6 is 0 Å². The van der Waals surface area contributed by atoms with Crippen LogP contribution in [-0.4, -0.2) is 71.5 Å². The molecule has 1 aliphatic rings. The molecule has 1 fully saturated rings. The molecule has 0 bridgehead atoms. The van der Waals surface area contributed by atoms with E-state index < -0.39 is 5.97 Å². The molecule has 0 radical (unpaired) electrons. The molecule has 2 heterocycles. The molecule has 2 aromatic heterocycles. The fourth-order valence-corrected chi connectivity index (χ4v) is 5.39. The van der Waals surface area contributed by atoms with Gasteiger partial charge in [-0.2, -0.15) is 0 Å². The summed E-state index contributed by atoms with van der Waals surface area (Å²) in [4.78, 5) is 16.9. The van der Waals surface area contributed by atoms with Crippen LogP contribution in [0.15, 0.2) is 48.5 Å². The fraction of sp³-hybridized carbons (Fsp3) is 0.419.